The molecule has 1 saturated heterocycles. The molecule has 2 heterocycles. The Labute approximate surface area is 177 Å². The molecule has 0 spiro atoms. The van der Waals surface area contributed by atoms with Gasteiger partial charge in [-0.3, -0.25) is 4.79 Å². The van der Waals surface area contributed by atoms with Crippen molar-refractivity contribution in [1.82, 2.24) is 14.9 Å². The second-order valence-corrected chi connectivity index (χ2v) is 9.71. The number of hydrogen-bond donors (Lipinski definition) is 1. The number of nitrogens with one attached hydrogen (secondary N) is 1. The predicted molar refractivity (Wildman–Crippen MR) is 116 cm³/mol. The zero-order chi connectivity index (χ0) is 21.7. The number of aromatic nitrogens is 2. The zero-order valence-corrected chi connectivity index (χ0v) is 18.3. The van der Waals surface area contributed by atoms with Gasteiger partial charge in [-0.05, 0) is 38.4 Å². The van der Waals surface area contributed by atoms with Crippen molar-refractivity contribution in [3.05, 3.63) is 36.0 Å². The number of nitrogens with zero attached hydrogens (tertiary/aromatic N) is 4. The number of benzene rings is 1. The number of rotatable bonds is 7. The summed E-state index contributed by atoms with van der Waals surface area (Å²) in [6, 6.07) is 8.92. The number of carbonyl (C=O) groups is 1. The fraction of sp³-hybridized carbons (Fsp3) is 0.450. The minimum atomic E-state index is -3.24. The van der Waals surface area contributed by atoms with Gasteiger partial charge in [0, 0.05) is 36.7 Å². The topological polar surface area (TPSA) is 105 Å². The van der Waals surface area contributed by atoms with Gasteiger partial charge in [0.2, 0.25) is 5.91 Å². The van der Waals surface area contributed by atoms with Gasteiger partial charge in [0.25, 0.3) is 0 Å². The Morgan fingerprint density at radius 2 is 1.83 bits per heavy atom. The van der Waals surface area contributed by atoms with Gasteiger partial charge in [-0.1, -0.05) is 0 Å². The first-order chi connectivity index (χ1) is 14.2. The molecule has 0 bridgehead atoms. The van der Waals surface area contributed by atoms with Crippen LogP contribution < -0.4 is 10.2 Å². The van der Waals surface area contributed by atoms with Crippen LogP contribution in [0.25, 0.3) is 11.4 Å². The summed E-state index contributed by atoms with van der Waals surface area (Å²) in [6.07, 6.45) is 1.19. The first-order valence-corrected chi connectivity index (χ1v) is 11.7. The number of sulfone groups is 1. The quantitative estimate of drug-likeness (QED) is 0.690. The molecule has 162 valence electrons. The number of hydrogen-bond acceptors (Lipinski definition) is 8. The van der Waals surface area contributed by atoms with E-state index in [4.69, 9.17) is 4.74 Å². The molecule has 30 heavy (non-hydrogen) atoms. The molecule has 0 radical (unpaired) electrons. The second-order valence-electron chi connectivity index (χ2n) is 7.57. The second kappa shape index (κ2) is 9.50. The lowest BCUT2D eigenvalue weighted by Gasteiger charge is -2.28. The van der Waals surface area contributed by atoms with Crippen LogP contribution in [0.15, 0.2) is 30.3 Å². The van der Waals surface area contributed by atoms with Crippen LogP contribution in [-0.2, 0) is 25.1 Å². The average Bonchev–Trinajstić information content (AvgIpc) is 2.67. The first-order valence-electron chi connectivity index (χ1n) is 9.63. The molecule has 0 saturated carbocycles. The molecule has 2 aromatic rings. The van der Waals surface area contributed by atoms with E-state index in [2.05, 4.69) is 20.2 Å². The van der Waals surface area contributed by atoms with Crippen LogP contribution in [0, 0.1) is 0 Å². The van der Waals surface area contributed by atoms with Crippen LogP contribution >= 0.6 is 0 Å². The van der Waals surface area contributed by atoms with Crippen LogP contribution in [0.2, 0.25) is 0 Å². The van der Waals surface area contributed by atoms with Gasteiger partial charge in [-0.15, -0.1) is 0 Å². The third-order valence-electron chi connectivity index (χ3n) is 4.40. The maximum atomic E-state index is 11.9. The van der Waals surface area contributed by atoms with Crippen molar-refractivity contribution < 1.29 is 17.9 Å². The van der Waals surface area contributed by atoms with Crippen LogP contribution in [-0.4, -0.2) is 82.4 Å². The normalized spacial score (nSPS) is 14.7. The lowest BCUT2D eigenvalue weighted by atomic mass is 10.2. The van der Waals surface area contributed by atoms with E-state index in [1.807, 2.05) is 26.2 Å². The highest BCUT2D eigenvalue weighted by Crippen LogP contribution is 2.23. The van der Waals surface area contributed by atoms with Crippen LogP contribution in [0.4, 0.5) is 11.5 Å². The number of morpholine rings is 1. The molecule has 1 aromatic heterocycles. The molecule has 1 N–H and O–H groups in total. The summed E-state index contributed by atoms with van der Waals surface area (Å²) in [6.45, 7) is 2.86. The molecule has 3 rings (SSSR count). The van der Waals surface area contributed by atoms with E-state index in [1.165, 1.54) is 6.26 Å². The van der Waals surface area contributed by atoms with Gasteiger partial charge in [0.15, 0.2) is 15.7 Å². The summed E-state index contributed by atoms with van der Waals surface area (Å²) < 4.78 is 29.0. The van der Waals surface area contributed by atoms with Gasteiger partial charge < -0.3 is 19.9 Å². The number of anilines is 2. The van der Waals surface area contributed by atoms with Crippen LogP contribution in [0.3, 0.4) is 0 Å². The molecule has 1 aromatic carbocycles. The Balaban J connectivity index is 1.87. The van der Waals surface area contributed by atoms with E-state index in [1.54, 1.807) is 23.1 Å². The molecule has 0 aliphatic carbocycles. The van der Waals surface area contributed by atoms with Crippen molar-refractivity contribution in [3.8, 4) is 11.4 Å². The van der Waals surface area contributed by atoms with E-state index in [9.17, 15) is 13.2 Å². The highest BCUT2D eigenvalue weighted by molar-refractivity contribution is 7.89. The average molecular weight is 434 g/mol. The van der Waals surface area contributed by atoms with Crippen molar-refractivity contribution >= 4 is 27.2 Å². The fourth-order valence-electron chi connectivity index (χ4n) is 3.10. The van der Waals surface area contributed by atoms with E-state index in [-0.39, 0.29) is 11.7 Å². The first kappa shape index (κ1) is 22.1. The Morgan fingerprint density at radius 1 is 1.17 bits per heavy atom. The maximum absolute atomic E-state index is 11.9. The van der Waals surface area contributed by atoms with Gasteiger partial charge >= 0.3 is 0 Å². The van der Waals surface area contributed by atoms with Crippen LogP contribution in [0.5, 0.6) is 0 Å². The number of likely N-dealkylation sites (N-methyl/N-ethyl adjacent to an activating group) is 1. The molecule has 0 atom stereocenters. The Kier molecular flexibility index (Phi) is 7.01. The Morgan fingerprint density at radius 3 is 2.43 bits per heavy atom. The Bertz CT molecular complexity index is 987. The molecule has 1 fully saturated rings. The Hall–Kier alpha value is -2.56. The lowest BCUT2D eigenvalue weighted by molar-refractivity contribution is -0.116. The van der Waals surface area contributed by atoms with Gasteiger partial charge in [0.1, 0.15) is 5.82 Å². The van der Waals surface area contributed by atoms with E-state index in [0.717, 1.165) is 5.56 Å². The third kappa shape index (κ3) is 6.48. The maximum Gasteiger partial charge on any atom is 0.238 e. The molecule has 10 heteroatoms. The molecule has 1 aliphatic heterocycles. The summed E-state index contributed by atoms with van der Waals surface area (Å²) in [5, 5.41) is 2.83. The summed E-state index contributed by atoms with van der Waals surface area (Å²) in [4.78, 5) is 24.9. The summed E-state index contributed by atoms with van der Waals surface area (Å²) in [5.74, 6) is 0.876. The summed E-state index contributed by atoms with van der Waals surface area (Å²) in [7, 11) is 0.419. The number of amides is 1. The third-order valence-corrected chi connectivity index (χ3v) is 5.22. The lowest BCUT2D eigenvalue weighted by Crippen LogP contribution is -2.37. The predicted octanol–water partition coefficient (Wildman–Crippen LogP) is 1.02. The molecule has 0 unspecified atom stereocenters. The van der Waals surface area contributed by atoms with Crippen molar-refractivity contribution in [2.24, 2.45) is 0 Å². The van der Waals surface area contributed by atoms with Crippen LogP contribution in [0.1, 0.15) is 5.69 Å². The minimum Gasteiger partial charge on any atom is -0.378 e. The van der Waals surface area contributed by atoms with Crippen molar-refractivity contribution in [3.63, 3.8) is 0 Å². The van der Waals surface area contributed by atoms with E-state index in [0.29, 0.717) is 55.9 Å². The van der Waals surface area contributed by atoms with E-state index < -0.39 is 9.84 Å². The molecular weight excluding hydrogens is 406 g/mol. The minimum absolute atomic E-state index is 0.103. The molecule has 1 aliphatic rings. The monoisotopic (exact) mass is 433 g/mol. The zero-order valence-electron chi connectivity index (χ0n) is 17.5. The van der Waals surface area contributed by atoms with Crippen molar-refractivity contribution in [2.75, 3.05) is 63.4 Å². The molecule has 9 nitrogen and oxygen atoms in total. The van der Waals surface area contributed by atoms with Gasteiger partial charge in [-0.2, -0.15) is 0 Å². The van der Waals surface area contributed by atoms with E-state index >= 15 is 0 Å². The SMILES string of the molecule is CN(C)CC(=O)Nc1ccc(-c2nc(CS(C)(=O)=O)cc(N3CCOCC3)n2)cc1. The van der Waals surface area contributed by atoms with Gasteiger partial charge in [-0.25, -0.2) is 18.4 Å². The highest BCUT2D eigenvalue weighted by Gasteiger charge is 2.17. The van der Waals surface area contributed by atoms with Crippen molar-refractivity contribution in [2.45, 2.75) is 5.75 Å². The molecular formula is C20H27N5O4S. The van der Waals surface area contributed by atoms with Gasteiger partial charge in [0.05, 0.1) is 31.2 Å². The summed E-state index contributed by atoms with van der Waals surface area (Å²) in [5.41, 5.74) is 1.86. The fourth-order valence-corrected chi connectivity index (χ4v) is 3.78. The number of ether oxygens (including phenoxy) is 1. The number of carbonyl (C=O) groups excluding carboxylic acids is 1. The molecule has 1 amide bonds. The summed E-state index contributed by atoms with van der Waals surface area (Å²) >= 11 is 0. The highest BCUT2D eigenvalue weighted by atomic mass is 32.2. The largest absolute Gasteiger partial charge is 0.378 e. The van der Waals surface area contributed by atoms with Crippen molar-refractivity contribution in [1.29, 1.82) is 0 Å². The smallest absolute Gasteiger partial charge is 0.238 e. The standard InChI is InChI=1S/C20H27N5O4S/c1-24(2)13-19(26)21-16-6-4-15(5-7-16)20-22-17(14-30(3,27)28)12-18(23-20)25-8-10-29-11-9-25/h4-7,12H,8-11,13-14H2,1-3H3,(H,21,26).